The summed E-state index contributed by atoms with van der Waals surface area (Å²) in [5.74, 6) is 1.48. The highest BCUT2D eigenvalue weighted by atomic mass is 16.5. The fourth-order valence-electron chi connectivity index (χ4n) is 3.35. The molecule has 1 aliphatic carbocycles. The zero-order valence-corrected chi connectivity index (χ0v) is 15.5. The molecule has 0 radical (unpaired) electrons. The van der Waals surface area contributed by atoms with Crippen LogP contribution in [0.15, 0.2) is 18.2 Å². The van der Waals surface area contributed by atoms with Crippen LogP contribution in [-0.4, -0.2) is 54.9 Å². The number of methoxy groups -OCH3 is 1. The number of rotatable bonds is 4. The Labute approximate surface area is 149 Å². The van der Waals surface area contributed by atoms with Crippen molar-refractivity contribution in [2.45, 2.75) is 39.0 Å². The van der Waals surface area contributed by atoms with Crippen LogP contribution in [0.1, 0.15) is 54.9 Å². The van der Waals surface area contributed by atoms with Gasteiger partial charge in [-0.1, -0.05) is 19.9 Å². The van der Waals surface area contributed by atoms with Crippen LogP contribution in [0.25, 0.3) is 0 Å². The molecule has 5 heteroatoms. The van der Waals surface area contributed by atoms with Crippen molar-refractivity contribution in [3.8, 4) is 5.75 Å². The van der Waals surface area contributed by atoms with E-state index in [1.165, 1.54) is 0 Å². The maximum Gasteiger partial charge on any atom is 0.257 e. The van der Waals surface area contributed by atoms with Gasteiger partial charge in [0.05, 0.1) is 12.7 Å². The summed E-state index contributed by atoms with van der Waals surface area (Å²) in [7, 11) is 1.60. The predicted molar refractivity (Wildman–Crippen MR) is 96.9 cm³/mol. The van der Waals surface area contributed by atoms with Gasteiger partial charge < -0.3 is 14.5 Å². The van der Waals surface area contributed by atoms with Gasteiger partial charge >= 0.3 is 0 Å². The molecule has 0 spiro atoms. The van der Waals surface area contributed by atoms with Crippen molar-refractivity contribution >= 4 is 11.8 Å². The van der Waals surface area contributed by atoms with E-state index in [0.29, 0.717) is 36.9 Å². The largest absolute Gasteiger partial charge is 0.496 e. The average Bonchev–Trinajstić information content (AvgIpc) is 3.46. The van der Waals surface area contributed by atoms with E-state index in [4.69, 9.17) is 4.74 Å². The number of hydrogen-bond donors (Lipinski definition) is 0. The van der Waals surface area contributed by atoms with Gasteiger partial charge in [-0.05, 0) is 42.9 Å². The molecule has 3 rings (SSSR count). The summed E-state index contributed by atoms with van der Waals surface area (Å²) in [5, 5.41) is 0. The van der Waals surface area contributed by atoms with Crippen molar-refractivity contribution in [1.29, 1.82) is 0 Å². The van der Waals surface area contributed by atoms with Gasteiger partial charge in [-0.3, -0.25) is 9.59 Å². The molecule has 1 saturated heterocycles. The molecular weight excluding hydrogens is 316 g/mol. The summed E-state index contributed by atoms with van der Waals surface area (Å²) < 4.78 is 5.41. The van der Waals surface area contributed by atoms with Crippen LogP contribution in [0.5, 0.6) is 5.75 Å². The Bertz CT molecular complexity index is 652. The van der Waals surface area contributed by atoms with Crippen LogP contribution in [-0.2, 0) is 4.79 Å². The first-order valence-electron chi connectivity index (χ1n) is 9.27. The van der Waals surface area contributed by atoms with Gasteiger partial charge in [0.1, 0.15) is 5.75 Å². The van der Waals surface area contributed by atoms with Crippen molar-refractivity contribution < 1.29 is 14.3 Å². The van der Waals surface area contributed by atoms with Crippen molar-refractivity contribution in [3.05, 3.63) is 29.3 Å². The van der Waals surface area contributed by atoms with E-state index in [1.54, 1.807) is 7.11 Å². The minimum atomic E-state index is 0.0000657. The molecule has 0 N–H and O–H groups in total. The monoisotopic (exact) mass is 344 g/mol. The first-order chi connectivity index (χ1) is 12.0. The van der Waals surface area contributed by atoms with Crippen molar-refractivity contribution in [1.82, 2.24) is 9.80 Å². The van der Waals surface area contributed by atoms with Crippen molar-refractivity contribution in [2.75, 3.05) is 33.3 Å². The third-order valence-electron chi connectivity index (χ3n) is 5.14. The molecule has 1 aliphatic heterocycles. The third-order valence-corrected chi connectivity index (χ3v) is 5.14. The van der Waals surface area contributed by atoms with Crippen LogP contribution in [0.2, 0.25) is 0 Å². The van der Waals surface area contributed by atoms with Gasteiger partial charge in [-0.15, -0.1) is 0 Å². The van der Waals surface area contributed by atoms with Crippen LogP contribution < -0.4 is 4.74 Å². The molecule has 1 aromatic rings. The minimum Gasteiger partial charge on any atom is -0.496 e. The SMILES string of the molecule is COc1ccc(C(C)C)cc1C(=O)N1CCCN(C(=O)C2CC2)CC1. The maximum absolute atomic E-state index is 13.1. The van der Waals surface area contributed by atoms with E-state index in [2.05, 4.69) is 13.8 Å². The topological polar surface area (TPSA) is 49.9 Å². The Hall–Kier alpha value is -2.04. The normalized spacial score (nSPS) is 18.2. The lowest BCUT2D eigenvalue weighted by atomic mass is 9.99. The Morgan fingerprint density at radius 3 is 2.40 bits per heavy atom. The number of carbonyl (C=O) groups is 2. The molecule has 1 aromatic carbocycles. The van der Waals surface area contributed by atoms with E-state index in [0.717, 1.165) is 31.4 Å². The van der Waals surface area contributed by atoms with E-state index >= 15 is 0 Å². The van der Waals surface area contributed by atoms with Crippen LogP contribution in [0, 0.1) is 5.92 Å². The highest BCUT2D eigenvalue weighted by Gasteiger charge is 2.34. The quantitative estimate of drug-likeness (QED) is 0.844. The first-order valence-corrected chi connectivity index (χ1v) is 9.27. The summed E-state index contributed by atoms with van der Waals surface area (Å²) in [6.45, 7) is 6.89. The molecule has 2 amide bonds. The van der Waals surface area contributed by atoms with Crippen LogP contribution >= 0.6 is 0 Å². The molecule has 0 atom stereocenters. The van der Waals surface area contributed by atoms with Gasteiger partial charge in [0.15, 0.2) is 0 Å². The molecule has 1 heterocycles. The molecule has 5 nitrogen and oxygen atoms in total. The summed E-state index contributed by atoms with van der Waals surface area (Å²) >= 11 is 0. The molecule has 136 valence electrons. The van der Waals surface area contributed by atoms with E-state index in [1.807, 2.05) is 28.0 Å². The summed E-state index contributed by atoms with van der Waals surface area (Å²) in [6.07, 6.45) is 2.88. The Kier molecular flexibility index (Phi) is 5.30. The lowest BCUT2D eigenvalue weighted by molar-refractivity contribution is -0.132. The first kappa shape index (κ1) is 17.8. The maximum atomic E-state index is 13.1. The molecule has 2 aliphatic rings. The zero-order valence-electron chi connectivity index (χ0n) is 15.5. The predicted octanol–water partition coefficient (Wildman–Crippen LogP) is 2.90. The summed E-state index contributed by atoms with van der Waals surface area (Å²) in [4.78, 5) is 29.2. The van der Waals surface area contributed by atoms with Gasteiger partial charge in [-0.2, -0.15) is 0 Å². The second kappa shape index (κ2) is 7.46. The molecule has 0 aromatic heterocycles. The standard InChI is InChI=1S/C20H28N2O3/c1-14(2)16-7-8-18(25-3)17(13-16)20(24)22-10-4-9-21(11-12-22)19(23)15-5-6-15/h7-8,13-15H,4-6,9-12H2,1-3H3. The fourth-order valence-corrected chi connectivity index (χ4v) is 3.35. The Morgan fingerprint density at radius 1 is 1.08 bits per heavy atom. The Balaban J connectivity index is 1.74. The number of ether oxygens (including phenoxy) is 1. The second-order valence-corrected chi connectivity index (χ2v) is 7.36. The van der Waals surface area contributed by atoms with Gasteiger partial charge in [-0.25, -0.2) is 0 Å². The highest BCUT2D eigenvalue weighted by Crippen LogP contribution is 2.31. The summed E-state index contributed by atoms with van der Waals surface area (Å²) in [5.41, 5.74) is 1.75. The average molecular weight is 344 g/mol. The number of hydrogen-bond acceptors (Lipinski definition) is 3. The van der Waals surface area contributed by atoms with Crippen LogP contribution in [0.3, 0.4) is 0 Å². The van der Waals surface area contributed by atoms with Crippen molar-refractivity contribution in [2.24, 2.45) is 5.92 Å². The number of benzene rings is 1. The molecule has 0 bridgehead atoms. The van der Waals surface area contributed by atoms with Gasteiger partial charge in [0, 0.05) is 32.1 Å². The third kappa shape index (κ3) is 3.97. The molecular formula is C20H28N2O3. The molecule has 1 saturated carbocycles. The van der Waals surface area contributed by atoms with Crippen molar-refractivity contribution in [3.63, 3.8) is 0 Å². The number of nitrogens with zero attached hydrogens (tertiary/aromatic N) is 2. The van der Waals surface area contributed by atoms with E-state index in [9.17, 15) is 9.59 Å². The highest BCUT2D eigenvalue weighted by molar-refractivity contribution is 5.97. The number of carbonyl (C=O) groups excluding carboxylic acids is 2. The number of amides is 2. The van der Waals surface area contributed by atoms with E-state index in [-0.39, 0.29) is 17.7 Å². The molecule has 2 fully saturated rings. The van der Waals surface area contributed by atoms with Gasteiger partial charge in [0.25, 0.3) is 5.91 Å². The van der Waals surface area contributed by atoms with E-state index < -0.39 is 0 Å². The molecule has 25 heavy (non-hydrogen) atoms. The summed E-state index contributed by atoms with van der Waals surface area (Å²) in [6, 6.07) is 5.84. The second-order valence-electron chi connectivity index (χ2n) is 7.36. The fraction of sp³-hybridized carbons (Fsp3) is 0.600. The van der Waals surface area contributed by atoms with Crippen LogP contribution in [0.4, 0.5) is 0 Å². The molecule has 0 unspecified atom stereocenters. The smallest absolute Gasteiger partial charge is 0.257 e. The zero-order chi connectivity index (χ0) is 18.0. The Morgan fingerprint density at radius 2 is 1.76 bits per heavy atom. The minimum absolute atomic E-state index is 0.0000657. The van der Waals surface area contributed by atoms with Gasteiger partial charge in [0.2, 0.25) is 5.91 Å². The lowest BCUT2D eigenvalue weighted by Crippen LogP contribution is -2.38. The lowest BCUT2D eigenvalue weighted by Gasteiger charge is -2.23.